The summed E-state index contributed by atoms with van der Waals surface area (Å²) in [5.74, 6) is 1.10. The van der Waals surface area contributed by atoms with E-state index >= 15 is 0 Å². The fraction of sp³-hybridized carbons (Fsp3) is 0.500. The van der Waals surface area contributed by atoms with Crippen LogP contribution in [0.15, 0.2) is 24.3 Å². The van der Waals surface area contributed by atoms with Crippen molar-refractivity contribution in [3.8, 4) is 6.07 Å². The molecule has 0 aliphatic heterocycles. The van der Waals surface area contributed by atoms with E-state index in [0.29, 0.717) is 23.0 Å². The highest BCUT2D eigenvalue weighted by Crippen LogP contribution is 2.34. The summed E-state index contributed by atoms with van der Waals surface area (Å²) in [5, 5.41) is 19.7. The lowest BCUT2D eigenvalue weighted by molar-refractivity contribution is 0.0963. The SMILES string of the molecule is CNC(=O)c1ccc(C)c(Nc2nc(NC3CCCC3)cc(N(C)CC(C)(C)C)c2C#N)c1. The van der Waals surface area contributed by atoms with Gasteiger partial charge in [0.25, 0.3) is 5.91 Å². The quantitative estimate of drug-likeness (QED) is 0.539. The van der Waals surface area contributed by atoms with Crippen molar-refractivity contribution >= 4 is 28.9 Å². The lowest BCUT2D eigenvalue weighted by Gasteiger charge is -2.30. The Hall–Kier alpha value is -3.27. The largest absolute Gasteiger partial charge is 0.373 e. The number of rotatable bonds is 7. The van der Waals surface area contributed by atoms with Crippen LogP contribution in [0.3, 0.4) is 0 Å². The van der Waals surface area contributed by atoms with Gasteiger partial charge >= 0.3 is 0 Å². The van der Waals surface area contributed by atoms with E-state index in [4.69, 9.17) is 4.98 Å². The Labute approximate surface area is 197 Å². The van der Waals surface area contributed by atoms with Crippen LogP contribution >= 0.6 is 0 Å². The average molecular weight is 449 g/mol. The van der Waals surface area contributed by atoms with E-state index in [-0.39, 0.29) is 11.3 Å². The number of nitrogens with zero attached hydrogens (tertiary/aromatic N) is 3. The molecule has 1 aliphatic carbocycles. The van der Waals surface area contributed by atoms with Crippen molar-refractivity contribution in [1.29, 1.82) is 5.26 Å². The van der Waals surface area contributed by atoms with Crippen LogP contribution in [0, 0.1) is 23.7 Å². The zero-order valence-corrected chi connectivity index (χ0v) is 20.7. The number of nitrogens with one attached hydrogen (secondary N) is 3. The molecule has 1 amide bonds. The third-order valence-electron chi connectivity index (χ3n) is 5.92. The van der Waals surface area contributed by atoms with Crippen molar-refractivity contribution in [2.45, 2.75) is 59.4 Å². The van der Waals surface area contributed by atoms with Crippen molar-refractivity contribution in [1.82, 2.24) is 10.3 Å². The number of aryl methyl sites for hydroxylation is 1. The van der Waals surface area contributed by atoms with E-state index in [1.54, 1.807) is 19.2 Å². The van der Waals surface area contributed by atoms with Gasteiger partial charge in [0.05, 0.1) is 5.69 Å². The minimum Gasteiger partial charge on any atom is -0.373 e. The molecule has 33 heavy (non-hydrogen) atoms. The predicted molar refractivity (Wildman–Crippen MR) is 135 cm³/mol. The first-order chi connectivity index (χ1) is 15.6. The molecular weight excluding hydrogens is 412 g/mol. The fourth-order valence-electron chi connectivity index (χ4n) is 4.35. The van der Waals surface area contributed by atoms with Gasteiger partial charge in [-0.3, -0.25) is 4.79 Å². The molecule has 176 valence electrons. The van der Waals surface area contributed by atoms with Gasteiger partial charge in [-0.1, -0.05) is 39.7 Å². The Morgan fingerprint density at radius 2 is 1.94 bits per heavy atom. The molecule has 3 rings (SSSR count). The molecule has 2 aromatic rings. The number of pyridine rings is 1. The number of aromatic nitrogens is 1. The molecule has 1 aliphatic rings. The third-order valence-corrected chi connectivity index (χ3v) is 5.92. The second-order valence-electron chi connectivity index (χ2n) is 10.1. The number of anilines is 4. The maximum Gasteiger partial charge on any atom is 0.251 e. The molecule has 7 heteroatoms. The van der Waals surface area contributed by atoms with Gasteiger partial charge in [-0.25, -0.2) is 4.98 Å². The average Bonchev–Trinajstić information content (AvgIpc) is 3.26. The van der Waals surface area contributed by atoms with Crippen molar-refractivity contribution in [3.05, 3.63) is 41.0 Å². The van der Waals surface area contributed by atoms with Crippen LogP contribution < -0.4 is 20.9 Å². The van der Waals surface area contributed by atoms with Gasteiger partial charge in [-0.2, -0.15) is 5.26 Å². The number of hydrogen-bond acceptors (Lipinski definition) is 6. The van der Waals surface area contributed by atoms with Crippen LogP contribution in [-0.2, 0) is 0 Å². The van der Waals surface area contributed by atoms with Gasteiger partial charge in [0, 0.05) is 44.0 Å². The molecule has 0 radical (unpaired) electrons. The molecule has 0 atom stereocenters. The number of carbonyl (C=O) groups is 1. The Bertz CT molecular complexity index is 1040. The minimum atomic E-state index is -0.159. The van der Waals surface area contributed by atoms with Crippen molar-refractivity contribution < 1.29 is 4.79 Å². The number of hydrogen-bond donors (Lipinski definition) is 3. The Morgan fingerprint density at radius 1 is 1.24 bits per heavy atom. The van der Waals surface area contributed by atoms with Gasteiger partial charge in [-0.15, -0.1) is 0 Å². The number of benzene rings is 1. The second-order valence-corrected chi connectivity index (χ2v) is 10.1. The Balaban J connectivity index is 2.06. The smallest absolute Gasteiger partial charge is 0.251 e. The zero-order valence-electron chi connectivity index (χ0n) is 20.7. The molecule has 1 fully saturated rings. The molecular formula is C26H36N6O. The van der Waals surface area contributed by atoms with E-state index in [1.807, 2.05) is 26.1 Å². The summed E-state index contributed by atoms with van der Waals surface area (Å²) >= 11 is 0. The standard InChI is InChI=1S/C26H36N6O/c1-17-11-12-18(25(33)28-5)13-21(17)30-24-20(15-27)22(32(6)16-26(2,3)4)14-23(31-24)29-19-9-7-8-10-19/h11-14,19H,7-10,16H2,1-6H3,(H,28,33)(H2,29,30,31). The monoisotopic (exact) mass is 448 g/mol. The van der Waals surface area contributed by atoms with Gasteiger partial charge < -0.3 is 20.9 Å². The van der Waals surface area contributed by atoms with E-state index in [0.717, 1.165) is 42.1 Å². The predicted octanol–water partition coefficient (Wildman–Crippen LogP) is 5.20. The maximum atomic E-state index is 12.2. The van der Waals surface area contributed by atoms with Crippen LogP contribution in [0.5, 0.6) is 0 Å². The first-order valence-electron chi connectivity index (χ1n) is 11.6. The number of nitriles is 1. The summed E-state index contributed by atoms with van der Waals surface area (Å²) in [7, 11) is 3.63. The highest BCUT2D eigenvalue weighted by molar-refractivity contribution is 5.95. The van der Waals surface area contributed by atoms with E-state index < -0.39 is 0 Å². The molecule has 0 bridgehead atoms. The molecule has 1 aromatic heterocycles. The highest BCUT2D eigenvalue weighted by Gasteiger charge is 2.22. The Morgan fingerprint density at radius 3 is 2.55 bits per heavy atom. The molecule has 0 spiro atoms. The lowest BCUT2D eigenvalue weighted by atomic mass is 9.96. The Kier molecular flexibility index (Phi) is 7.47. The van der Waals surface area contributed by atoms with Gasteiger partial charge in [0.2, 0.25) is 0 Å². The van der Waals surface area contributed by atoms with Crippen LogP contribution in [0.4, 0.5) is 23.0 Å². The highest BCUT2D eigenvalue weighted by atomic mass is 16.1. The van der Waals surface area contributed by atoms with E-state index in [2.05, 4.69) is 47.7 Å². The molecule has 0 unspecified atom stereocenters. The lowest BCUT2D eigenvalue weighted by Crippen LogP contribution is -2.30. The normalized spacial score (nSPS) is 14.0. The van der Waals surface area contributed by atoms with E-state index in [9.17, 15) is 10.1 Å². The first-order valence-corrected chi connectivity index (χ1v) is 11.6. The number of amides is 1. The third kappa shape index (κ3) is 6.16. The zero-order chi connectivity index (χ0) is 24.2. The topological polar surface area (TPSA) is 93.1 Å². The van der Waals surface area contributed by atoms with Crippen LogP contribution in [0.2, 0.25) is 0 Å². The molecule has 7 nitrogen and oxygen atoms in total. The summed E-state index contributed by atoms with van der Waals surface area (Å²) in [5.41, 5.74) is 3.66. The maximum absolute atomic E-state index is 12.2. The summed E-state index contributed by atoms with van der Waals surface area (Å²) in [6, 6.07) is 10.2. The van der Waals surface area contributed by atoms with Crippen LogP contribution in [0.25, 0.3) is 0 Å². The van der Waals surface area contributed by atoms with Crippen molar-refractivity contribution in [2.24, 2.45) is 5.41 Å². The van der Waals surface area contributed by atoms with Crippen molar-refractivity contribution in [2.75, 3.05) is 36.2 Å². The molecule has 1 heterocycles. The molecule has 1 saturated carbocycles. The van der Waals surface area contributed by atoms with Crippen LogP contribution in [-0.4, -0.2) is 37.6 Å². The van der Waals surface area contributed by atoms with Crippen LogP contribution in [0.1, 0.15) is 67.9 Å². The molecule has 3 N–H and O–H groups in total. The summed E-state index contributed by atoms with van der Waals surface area (Å²) < 4.78 is 0. The second kappa shape index (κ2) is 10.1. The van der Waals surface area contributed by atoms with E-state index in [1.165, 1.54) is 12.8 Å². The summed E-state index contributed by atoms with van der Waals surface area (Å²) in [6.45, 7) is 9.30. The fourth-order valence-corrected chi connectivity index (χ4v) is 4.35. The van der Waals surface area contributed by atoms with Gasteiger partial charge in [-0.05, 0) is 42.9 Å². The first kappa shape index (κ1) is 24.4. The summed E-state index contributed by atoms with van der Waals surface area (Å²) in [6.07, 6.45) is 4.71. The molecule has 1 aromatic carbocycles. The molecule has 0 saturated heterocycles. The van der Waals surface area contributed by atoms with Gasteiger partial charge in [0.1, 0.15) is 17.5 Å². The summed E-state index contributed by atoms with van der Waals surface area (Å²) in [4.78, 5) is 19.1. The van der Waals surface area contributed by atoms with Crippen molar-refractivity contribution in [3.63, 3.8) is 0 Å². The van der Waals surface area contributed by atoms with Gasteiger partial charge in [0.15, 0.2) is 5.82 Å². The minimum absolute atomic E-state index is 0.0653. The number of carbonyl (C=O) groups excluding carboxylic acids is 1.